The first-order chi connectivity index (χ1) is 7.31. The van der Waals surface area contributed by atoms with Gasteiger partial charge in [-0.1, -0.05) is 0 Å². The zero-order chi connectivity index (χ0) is 10.7. The van der Waals surface area contributed by atoms with Crippen LogP contribution < -0.4 is 0 Å². The number of rotatable bonds is 2. The predicted molar refractivity (Wildman–Crippen MR) is 56.0 cm³/mol. The molecule has 78 valence electrons. The van der Waals surface area contributed by atoms with E-state index in [0.29, 0.717) is 11.7 Å². The van der Waals surface area contributed by atoms with Crippen molar-refractivity contribution >= 4 is 0 Å². The van der Waals surface area contributed by atoms with E-state index >= 15 is 0 Å². The molecule has 0 amide bonds. The predicted octanol–water partition coefficient (Wildman–Crippen LogP) is 1.04. The lowest BCUT2D eigenvalue weighted by atomic mass is 9.92. The van der Waals surface area contributed by atoms with Crippen LogP contribution >= 0.6 is 0 Å². The van der Waals surface area contributed by atoms with Gasteiger partial charge in [0.2, 0.25) is 0 Å². The van der Waals surface area contributed by atoms with Crippen LogP contribution in [0.15, 0.2) is 18.5 Å². The third-order valence-corrected chi connectivity index (χ3v) is 2.90. The van der Waals surface area contributed by atoms with E-state index in [0.717, 1.165) is 19.5 Å². The Morgan fingerprint density at radius 1 is 1.53 bits per heavy atom. The van der Waals surface area contributed by atoms with Gasteiger partial charge in [-0.25, -0.2) is 9.97 Å². The van der Waals surface area contributed by atoms with E-state index in [4.69, 9.17) is 0 Å². The maximum Gasteiger partial charge on any atom is 0.145 e. The Labute approximate surface area is 89.6 Å². The van der Waals surface area contributed by atoms with Crippen molar-refractivity contribution in [2.75, 3.05) is 20.1 Å². The molecule has 0 aromatic carbocycles. The summed E-state index contributed by atoms with van der Waals surface area (Å²) in [4.78, 5) is 10.6. The molecule has 2 atom stereocenters. The minimum atomic E-state index is -0.156. The summed E-state index contributed by atoms with van der Waals surface area (Å²) < 4.78 is 0. The Bertz CT molecular complexity index is 357. The van der Waals surface area contributed by atoms with Crippen molar-refractivity contribution in [3.05, 3.63) is 24.3 Å². The molecule has 0 aliphatic carbocycles. The van der Waals surface area contributed by atoms with Gasteiger partial charge in [0.05, 0.1) is 6.07 Å². The van der Waals surface area contributed by atoms with E-state index < -0.39 is 0 Å². The summed E-state index contributed by atoms with van der Waals surface area (Å²) in [5, 5.41) is 9.18. The van der Waals surface area contributed by atoms with Crippen molar-refractivity contribution in [2.24, 2.45) is 5.92 Å². The standard InChI is InChI=1S/C11H14N4/c1-15-6-3-9(8-15)10(7-12)11-13-4-2-5-14-11/h2,4-5,9-10H,3,6,8H2,1H3. The fourth-order valence-corrected chi connectivity index (χ4v) is 2.09. The van der Waals surface area contributed by atoms with Crippen molar-refractivity contribution < 1.29 is 0 Å². The van der Waals surface area contributed by atoms with Crippen molar-refractivity contribution in [2.45, 2.75) is 12.3 Å². The van der Waals surface area contributed by atoms with Crippen LogP contribution in [-0.2, 0) is 0 Å². The summed E-state index contributed by atoms with van der Waals surface area (Å²) in [5.41, 5.74) is 0. The molecule has 1 saturated heterocycles. The first-order valence-corrected chi connectivity index (χ1v) is 5.16. The van der Waals surface area contributed by atoms with Crippen molar-refractivity contribution in [1.29, 1.82) is 5.26 Å². The average Bonchev–Trinajstić information content (AvgIpc) is 2.68. The third-order valence-electron chi connectivity index (χ3n) is 2.90. The van der Waals surface area contributed by atoms with Crippen LogP contribution in [0.2, 0.25) is 0 Å². The lowest BCUT2D eigenvalue weighted by molar-refractivity contribution is 0.384. The summed E-state index contributed by atoms with van der Waals surface area (Å²) in [6, 6.07) is 4.11. The van der Waals surface area contributed by atoms with Gasteiger partial charge in [0.15, 0.2) is 0 Å². The number of likely N-dealkylation sites (tertiary alicyclic amines) is 1. The molecule has 0 saturated carbocycles. The Morgan fingerprint density at radius 3 is 2.80 bits per heavy atom. The van der Waals surface area contributed by atoms with E-state index in [-0.39, 0.29) is 5.92 Å². The number of nitrogens with zero attached hydrogens (tertiary/aromatic N) is 4. The Kier molecular flexibility index (Phi) is 2.93. The third kappa shape index (κ3) is 2.13. The highest BCUT2D eigenvalue weighted by Gasteiger charge is 2.30. The highest BCUT2D eigenvalue weighted by atomic mass is 15.1. The highest BCUT2D eigenvalue weighted by Crippen LogP contribution is 2.28. The second kappa shape index (κ2) is 4.37. The molecule has 1 aliphatic heterocycles. The fraction of sp³-hybridized carbons (Fsp3) is 0.545. The number of nitriles is 1. The monoisotopic (exact) mass is 202 g/mol. The molecular formula is C11H14N4. The number of aromatic nitrogens is 2. The Hall–Kier alpha value is -1.47. The molecule has 2 rings (SSSR count). The lowest BCUT2D eigenvalue weighted by Crippen LogP contribution is -2.19. The molecule has 4 nitrogen and oxygen atoms in total. The van der Waals surface area contributed by atoms with Crippen molar-refractivity contribution in [1.82, 2.24) is 14.9 Å². The fourth-order valence-electron chi connectivity index (χ4n) is 2.09. The van der Waals surface area contributed by atoms with E-state index in [1.165, 1.54) is 0 Å². The van der Waals surface area contributed by atoms with Crippen LogP contribution in [0.3, 0.4) is 0 Å². The summed E-state index contributed by atoms with van der Waals surface area (Å²) in [5.74, 6) is 0.888. The molecular weight excluding hydrogens is 188 g/mol. The van der Waals surface area contributed by atoms with Gasteiger partial charge in [-0.15, -0.1) is 0 Å². The Morgan fingerprint density at radius 2 is 2.27 bits per heavy atom. The van der Waals surface area contributed by atoms with Gasteiger partial charge in [-0.3, -0.25) is 0 Å². The maximum absolute atomic E-state index is 9.18. The second-order valence-corrected chi connectivity index (χ2v) is 4.02. The summed E-state index contributed by atoms with van der Waals surface area (Å²) >= 11 is 0. The van der Waals surface area contributed by atoms with Gasteiger partial charge in [-0.2, -0.15) is 5.26 Å². The maximum atomic E-state index is 9.18. The summed E-state index contributed by atoms with van der Waals surface area (Å²) in [6.45, 7) is 2.03. The van der Waals surface area contributed by atoms with E-state index in [1.807, 2.05) is 0 Å². The molecule has 1 aliphatic rings. The highest BCUT2D eigenvalue weighted by molar-refractivity contribution is 5.11. The number of hydrogen-bond acceptors (Lipinski definition) is 4. The van der Waals surface area contributed by atoms with Gasteiger partial charge >= 0.3 is 0 Å². The molecule has 0 N–H and O–H groups in total. The zero-order valence-electron chi connectivity index (χ0n) is 8.80. The van der Waals surface area contributed by atoms with Crippen molar-refractivity contribution in [3.8, 4) is 6.07 Å². The van der Waals surface area contributed by atoms with Crippen LogP contribution in [0.25, 0.3) is 0 Å². The van der Waals surface area contributed by atoms with E-state index in [9.17, 15) is 5.26 Å². The quantitative estimate of drug-likeness (QED) is 0.719. The largest absolute Gasteiger partial charge is 0.306 e. The minimum Gasteiger partial charge on any atom is -0.306 e. The van der Waals surface area contributed by atoms with Crippen LogP contribution in [0, 0.1) is 17.2 Å². The first-order valence-electron chi connectivity index (χ1n) is 5.16. The molecule has 2 heterocycles. The molecule has 1 aromatic rings. The normalized spacial score (nSPS) is 23.6. The van der Waals surface area contributed by atoms with Crippen LogP contribution in [0.5, 0.6) is 0 Å². The summed E-state index contributed by atoms with van der Waals surface area (Å²) in [6.07, 6.45) is 4.46. The van der Waals surface area contributed by atoms with Gasteiger partial charge in [0.1, 0.15) is 11.7 Å². The molecule has 0 bridgehead atoms. The van der Waals surface area contributed by atoms with Crippen LogP contribution in [0.4, 0.5) is 0 Å². The smallest absolute Gasteiger partial charge is 0.145 e. The molecule has 1 aromatic heterocycles. The topological polar surface area (TPSA) is 52.8 Å². The van der Waals surface area contributed by atoms with Gasteiger partial charge < -0.3 is 4.90 Å². The summed E-state index contributed by atoms with van der Waals surface area (Å²) in [7, 11) is 2.08. The number of hydrogen-bond donors (Lipinski definition) is 0. The van der Waals surface area contributed by atoms with Crippen LogP contribution in [0.1, 0.15) is 18.2 Å². The molecule has 1 fully saturated rings. The molecule has 0 spiro atoms. The first kappa shape index (κ1) is 10.1. The second-order valence-electron chi connectivity index (χ2n) is 4.02. The van der Waals surface area contributed by atoms with Gasteiger partial charge in [0, 0.05) is 18.9 Å². The van der Waals surface area contributed by atoms with Crippen molar-refractivity contribution in [3.63, 3.8) is 0 Å². The molecule has 15 heavy (non-hydrogen) atoms. The minimum absolute atomic E-state index is 0.156. The zero-order valence-corrected chi connectivity index (χ0v) is 8.80. The van der Waals surface area contributed by atoms with Crippen LogP contribution in [-0.4, -0.2) is 35.0 Å². The lowest BCUT2D eigenvalue weighted by Gasteiger charge is -2.14. The average molecular weight is 202 g/mol. The molecule has 2 unspecified atom stereocenters. The molecule has 4 heteroatoms. The SMILES string of the molecule is CN1CCC(C(C#N)c2ncccn2)C1. The molecule has 0 radical (unpaired) electrons. The van der Waals surface area contributed by atoms with E-state index in [1.54, 1.807) is 18.5 Å². The van der Waals surface area contributed by atoms with E-state index in [2.05, 4.69) is 28.0 Å². The van der Waals surface area contributed by atoms with Gasteiger partial charge in [-0.05, 0) is 32.0 Å². The van der Waals surface area contributed by atoms with Gasteiger partial charge in [0.25, 0.3) is 0 Å². The Balaban J connectivity index is 2.15.